The second-order valence-corrected chi connectivity index (χ2v) is 6.17. The maximum absolute atomic E-state index is 12.3. The standard InChI is InChI=1S/C14H25F3N2/c1-11(12-4-2-3-5-12)18-13-6-8-19(9-7-13)10-14(15,16)17/h11-13,18H,2-10H2,1H3/t11-/m0/s1. The van der Waals surface area contributed by atoms with Crippen molar-refractivity contribution in [2.24, 2.45) is 5.92 Å². The summed E-state index contributed by atoms with van der Waals surface area (Å²) in [5, 5.41) is 3.64. The lowest BCUT2D eigenvalue weighted by atomic mass is 9.96. The average Bonchev–Trinajstić information content (AvgIpc) is 2.83. The summed E-state index contributed by atoms with van der Waals surface area (Å²) in [6.07, 6.45) is 2.90. The Morgan fingerprint density at radius 3 is 2.21 bits per heavy atom. The first-order valence-corrected chi connectivity index (χ1v) is 7.49. The molecule has 112 valence electrons. The van der Waals surface area contributed by atoms with Crippen molar-refractivity contribution in [3.05, 3.63) is 0 Å². The first-order chi connectivity index (χ1) is 8.94. The third kappa shape index (κ3) is 4.95. The van der Waals surface area contributed by atoms with Gasteiger partial charge in [-0.1, -0.05) is 12.8 Å². The van der Waals surface area contributed by atoms with Crippen molar-refractivity contribution in [2.45, 2.75) is 63.7 Å². The largest absolute Gasteiger partial charge is 0.401 e. The zero-order valence-electron chi connectivity index (χ0n) is 11.7. The zero-order chi connectivity index (χ0) is 13.9. The summed E-state index contributed by atoms with van der Waals surface area (Å²) < 4.78 is 36.9. The molecule has 1 N–H and O–H groups in total. The molecule has 0 unspecified atom stereocenters. The maximum Gasteiger partial charge on any atom is 0.401 e. The van der Waals surface area contributed by atoms with E-state index in [2.05, 4.69) is 12.2 Å². The summed E-state index contributed by atoms with van der Waals surface area (Å²) in [6, 6.07) is 0.918. The maximum atomic E-state index is 12.3. The SMILES string of the molecule is C[C@H](NC1CCN(CC(F)(F)F)CC1)C1CCCC1. The van der Waals surface area contributed by atoms with Crippen LogP contribution in [-0.4, -0.2) is 42.8 Å². The van der Waals surface area contributed by atoms with E-state index >= 15 is 0 Å². The molecule has 2 rings (SSSR count). The molecule has 2 aliphatic rings. The van der Waals surface area contributed by atoms with Crippen molar-refractivity contribution in [1.29, 1.82) is 0 Å². The van der Waals surface area contributed by atoms with Crippen molar-refractivity contribution in [3.8, 4) is 0 Å². The van der Waals surface area contributed by atoms with Crippen LogP contribution < -0.4 is 5.32 Å². The van der Waals surface area contributed by atoms with E-state index in [9.17, 15) is 13.2 Å². The summed E-state index contributed by atoms with van der Waals surface area (Å²) in [6.45, 7) is 2.61. The van der Waals surface area contributed by atoms with Crippen LogP contribution in [0, 0.1) is 5.92 Å². The Kier molecular flexibility index (Phi) is 5.12. The van der Waals surface area contributed by atoms with Crippen LogP contribution >= 0.6 is 0 Å². The van der Waals surface area contributed by atoms with Crippen LogP contribution in [0.1, 0.15) is 45.4 Å². The van der Waals surface area contributed by atoms with Crippen molar-refractivity contribution in [2.75, 3.05) is 19.6 Å². The van der Waals surface area contributed by atoms with E-state index in [1.54, 1.807) is 0 Å². The quantitative estimate of drug-likeness (QED) is 0.849. The molecule has 5 heteroatoms. The predicted molar refractivity (Wildman–Crippen MR) is 70.1 cm³/mol. The molecule has 0 radical (unpaired) electrons. The molecule has 1 saturated carbocycles. The number of rotatable bonds is 4. The average molecular weight is 278 g/mol. The number of likely N-dealkylation sites (tertiary alicyclic amines) is 1. The van der Waals surface area contributed by atoms with Gasteiger partial charge in [-0.15, -0.1) is 0 Å². The molecule has 0 amide bonds. The Morgan fingerprint density at radius 1 is 1.11 bits per heavy atom. The molecule has 1 saturated heterocycles. The summed E-state index contributed by atoms with van der Waals surface area (Å²) in [5.74, 6) is 0.771. The van der Waals surface area contributed by atoms with Crippen molar-refractivity contribution >= 4 is 0 Å². The van der Waals surface area contributed by atoms with Crippen LogP contribution in [-0.2, 0) is 0 Å². The molecule has 1 heterocycles. The fraction of sp³-hybridized carbons (Fsp3) is 1.00. The van der Waals surface area contributed by atoms with Gasteiger partial charge in [0.25, 0.3) is 0 Å². The van der Waals surface area contributed by atoms with E-state index < -0.39 is 12.7 Å². The monoisotopic (exact) mass is 278 g/mol. The van der Waals surface area contributed by atoms with E-state index in [1.165, 1.54) is 30.6 Å². The topological polar surface area (TPSA) is 15.3 Å². The number of hydrogen-bond acceptors (Lipinski definition) is 2. The van der Waals surface area contributed by atoms with Gasteiger partial charge in [0.1, 0.15) is 0 Å². The van der Waals surface area contributed by atoms with Gasteiger partial charge in [-0.05, 0) is 51.6 Å². The first kappa shape index (κ1) is 15.1. The van der Waals surface area contributed by atoms with Gasteiger partial charge >= 0.3 is 6.18 Å². The van der Waals surface area contributed by atoms with Crippen LogP contribution in [0.4, 0.5) is 13.2 Å². The number of halogens is 3. The van der Waals surface area contributed by atoms with Crippen LogP contribution in [0.5, 0.6) is 0 Å². The van der Waals surface area contributed by atoms with Gasteiger partial charge in [0, 0.05) is 12.1 Å². The molecular formula is C14H25F3N2. The van der Waals surface area contributed by atoms with Gasteiger partial charge in [-0.25, -0.2) is 0 Å². The minimum absolute atomic E-state index is 0.403. The highest BCUT2D eigenvalue weighted by Crippen LogP contribution is 2.28. The van der Waals surface area contributed by atoms with Gasteiger partial charge < -0.3 is 5.32 Å². The highest BCUT2D eigenvalue weighted by Gasteiger charge is 2.33. The molecule has 2 fully saturated rings. The van der Waals surface area contributed by atoms with Crippen LogP contribution in [0.25, 0.3) is 0 Å². The summed E-state index contributed by atoms with van der Waals surface area (Å²) in [7, 11) is 0. The summed E-state index contributed by atoms with van der Waals surface area (Å²) >= 11 is 0. The lowest BCUT2D eigenvalue weighted by molar-refractivity contribution is -0.148. The third-order valence-electron chi connectivity index (χ3n) is 4.60. The van der Waals surface area contributed by atoms with Crippen molar-refractivity contribution < 1.29 is 13.2 Å². The molecule has 0 aromatic heterocycles. The number of alkyl halides is 3. The number of nitrogens with one attached hydrogen (secondary N) is 1. The van der Waals surface area contributed by atoms with Crippen molar-refractivity contribution in [3.63, 3.8) is 0 Å². The molecule has 1 aliphatic carbocycles. The lowest BCUT2D eigenvalue weighted by Gasteiger charge is -2.35. The fourth-order valence-electron chi connectivity index (χ4n) is 3.48. The number of piperidine rings is 1. The van der Waals surface area contributed by atoms with Crippen LogP contribution in [0.3, 0.4) is 0 Å². The molecule has 19 heavy (non-hydrogen) atoms. The minimum atomic E-state index is -4.06. The molecule has 1 aliphatic heterocycles. The highest BCUT2D eigenvalue weighted by molar-refractivity contribution is 4.84. The van der Waals surface area contributed by atoms with E-state index in [0.717, 1.165) is 18.8 Å². The van der Waals surface area contributed by atoms with Gasteiger partial charge in [-0.3, -0.25) is 4.90 Å². The van der Waals surface area contributed by atoms with Gasteiger partial charge in [0.05, 0.1) is 6.54 Å². The Balaban J connectivity index is 1.68. The molecular weight excluding hydrogens is 253 g/mol. The summed E-state index contributed by atoms with van der Waals surface area (Å²) in [4.78, 5) is 1.53. The lowest BCUT2D eigenvalue weighted by Crippen LogP contribution is -2.48. The predicted octanol–water partition coefficient (Wildman–Crippen LogP) is 3.18. The Hall–Kier alpha value is -0.290. The summed E-state index contributed by atoms with van der Waals surface area (Å²) in [5.41, 5.74) is 0. The molecule has 0 spiro atoms. The Bertz CT molecular complexity index is 266. The Labute approximate surface area is 113 Å². The van der Waals surface area contributed by atoms with Crippen molar-refractivity contribution in [1.82, 2.24) is 10.2 Å². The molecule has 1 atom stereocenters. The third-order valence-corrected chi connectivity index (χ3v) is 4.60. The van der Waals surface area contributed by atoms with E-state index in [0.29, 0.717) is 25.2 Å². The smallest absolute Gasteiger partial charge is 0.311 e. The Morgan fingerprint density at radius 2 is 1.68 bits per heavy atom. The zero-order valence-corrected chi connectivity index (χ0v) is 11.7. The van der Waals surface area contributed by atoms with Crippen LogP contribution in [0.15, 0.2) is 0 Å². The molecule has 0 bridgehead atoms. The fourth-order valence-corrected chi connectivity index (χ4v) is 3.48. The second-order valence-electron chi connectivity index (χ2n) is 6.17. The van der Waals surface area contributed by atoms with Crippen LogP contribution in [0.2, 0.25) is 0 Å². The second kappa shape index (κ2) is 6.44. The number of hydrogen-bond donors (Lipinski definition) is 1. The first-order valence-electron chi connectivity index (χ1n) is 7.49. The van der Waals surface area contributed by atoms with E-state index in [-0.39, 0.29) is 0 Å². The highest BCUT2D eigenvalue weighted by atomic mass is 19.4. The van der Waals surface area contributed by atoms with Gasteiger partial charge in [0.15, 0.2) is 0 Å². The molecule has 0 aromatic carbocycles. The molecule has 0 aromatic rings. The van der Waals surface area contributed by atoms with E-state index in [1.807, 2.05) is 0 Å². The normalized spacial score (nSPS) is 25.9. The molecule has 2 nitrogen and oxygen atoms in total. The van der Waals surface area contributed by atoms with Gasteiger partial charge in [0.2, 0.25) is 0 Å². The minimum Gasteiger partial charge on any atom is -0.311 e. The van der Waals surface area contributed by atoms with E-state index in [4.69, 9.17) is 0 Å². The van der Waals surface area contributed by atoms with Gasteiger partial charge in [-0.2, -0.15) is 13.2 Å². The number of nitrogens with zero attached hydrogens (tertiary/aromatic N) is 1.